The first-order valence-electron chi connectivity index (χ1n) is 8.69. The minimum absolute atomic E-state index is 0.0226. The Morgan fingerprint density at radius 2 is 1.32 bits per heavy atom. The molecule has 1 aliphatic heterocycles. The summed E-state index contributed by atoms with van der Waals surface area (Å²) >= 11 is 0. The second kappa shape index (κ2) is 9.59. The molecule has 31 heavy (non-hydrogen) atoms. The van der Waals surface area contributed by atoms with Gasteiger partial charge in [-0.05, 0) is 43.2 Å². The number of nitrogens with two attached hydrogens (primary N) is 3. The SMILES string of the molecule is CC#N.Cc1cc(N)c(N)c(C(F)(F)F)c1.Cc1cc2c(c(C(F)(F)F)c1)N=C(N)C2. The molecule has 0 amide bonds. The first-order chi connectivity index (χ1) is 14.1. The van der Waals surface area contributed by atoms with Gasteiger partial charge in [-0.15, -0.1) is 0 Å². The molecule has 2 aromatic carbocycles. The van der Waals surface area contributed by atoms with Crippen LogP contribution in [0.15, 0.2) is 29.3 Å². The summed E-state index contributed by atoms with van der Waals surface area (Å²) in [7, 11) is 0. The van der Waals surface area contributed by atoms with E-state index in [0.29, 0.717) is 23.1 Å². The van der Waals surface area contributed by atoms with Gasteiger partial charge in [0.15, 0.2) is 0 Å². The Labute approximate surface area is 175 Å². The van der Waals surface area contributed by atoms with Gasteiger partial charge in [0.1, 0.15) is 5.84 Å². The van der Waals surface area contributed by atoms with Crippen LogP contribution < -0.4 is 17.2 Å². The van der Waals surface area contributed by atoms with Crippen molar-refractivity contribution in [3.63, 3.8) is 0 Å². The van der Waals surface area contributed by atoms with Crippen molar-refractivity contribution in [2.24, 2.45) is 10.7 Å². The van der Waals surface area contributed by atoms with Gasteiger partial charge >= 0.3 is 12.4 Å². The Balaban J connectivity index is 0.000000278. The molecule has 0 aliphatic carbocycles. The quantitative estimate of drug-likeness (QED) is 0.379. The highest BCUT2D eigenvalue weighted by Crippen LogP contribution is 2.41. The number of aryl methyl sites for hydroxylation is 2. The zero-order valence-corrected chi connectivity index (χ0v) is 16.9. The molecule has 0 fully saturated rings. The molecule has 0 unspecified atom stereocenters. The number of hydrogen-bond donors (Lipinski definition) is 3. The fourth-order valence-electron chi connectivity index (χ4n) is 2.78. The van der Waals surface area contributed by atoms with E-state index in [-0.39, 0.29) is 17.2 Å². The number of nitriles is 1. The molecule has 1 heterocycles. The van der Waals surface area contributed by atoms with Crippen molar-refractivity contribution in [2.45, 2.75) is 39.5 Å². The van der Waals surface area contributed by atoms with Crippen molar-refractivity contribution < 1.29 is 26.3 Å². The summed E-state index contributed by atoms with van der Waals surface area (Å²) in [5, 5.41) is 7.32. The third kappa shape index (κ3) is 6.80. The second-order valence-electron chi connectivity index (χ2n) is 6.63. The Morgan fingerprint density at radius 1 is 0.871 bits per heavy atom. The van der Waals surface area contributed by atoms with Crippen molar-refractivity contribution >= 4 is 22.9 Å². The molecule has 168 valence electrons. The fraction of sp³-hybridized carbons (Fsp3) is 0.300. The number of fused-ring (bicyclic) bond motifs is 1. The third-order valence-corrected chi connectivity index (χ3v) is 3.93. The van der Waals surface area contributed by atoms with Gasteiger partial charge in [0, 0.05) is 13.3 Å². The predicted octanol–water partition coefficient (Wildman–Crippen LogP) is 5.27. The Hall–Kier alpha value is -3.42. The summed E-state index contributed by atoms with van der Waals surface area (Å²) in [6, 6.07) is 6.92. The molecule has 0 bridgehead atoms. The van der Waals surface area contributed by atoms with E-state index in [1.54, 1.807) is 19.1 Å². The normalized spacial score (nSPS) is 12.5. The molecule has 6 N–H and O–H groups in total. The maximum atomic E-state index is 12.6. The molecular formula is C20H21F6N5. The summed E-state index contributed by atoms with van der Waals surface area (Å²) in [6.45, 7) is 4.59. The predicted molar refractivity (Wildman–Crippen MR) is 107 cm³/mol. The van der Waals surface area contributed by atoms with E-state index < -0.39 is 29.2 Å². The highest BCUT2D eigenvalue weighted by molar-refractivity contribution is 5.91. The van der Waals surface area contributed by atoms with E-state index in [9.17, 15) is 26.3 Å². The van der Waals surface area contributed by atoms with Crippen LogP contribution in [0.4, 0.5) is 43.4 Å². The summed E-state index contributed by atoms with van der Waals surface area (Å²) in [5.74, 6) is 0.237. The number of aliphatic imine (C=N–C) groups is 1. The number of benzene rings is 2. The molecule has 1 aliphatic rings. The number of anilines is 2. The fourth-order valence-corrected chi connectivity index (χ4v) is 2.78. The van der Waals surface area contributed by atoms with Gasteiger partial charge in [0.25, 0.3) is 0 Å². The molecule has 3 rings (SSSR count). The number of alkyl halides is 6. The lowest BCUT2D eigenvalue weighted by Crippen LogP contribution is -2.11. The maximum Gasteiger partial charge on any atom is 0.418 e. The van der Waals surface area contributed by atoms with Crippen molar-refractivity contribution in [2.75, 3.05) is 11.5 Å². The Bertz CT molecular complexity index is 1020. The molecule has 0 aromatic heterocycles. The summed E-state index contributed by atoms with van der Waals surface area (Å²) in [5.41, 5.74) is 15.5. The molecule has 5 nitrogen and oxygen atoms in total. The van der Waals surface area contributed by atoms with E-state index in [2.05, 4.69) is 4.99 Å². The van der Waals surface area contributed by atoms with Gasteiger partial charge in [-0.3, -0.25) is 0 Å². The molecule has 2 aromatic rings. The summed E-state index contributed by atoms with van der Waals surface area (Å²) < 4.78 is 74.7. The smallest absolute Gasteiger partial charge is 0.397 e. The van der Waals surface area contributed by atoms with E-state index in [1.165, 1.54) is 19.9 Å². The minimum Gasteiger partial charge on any atom is -0.397 e. The zero-order chi connectivity index (χ0) is 24.1. The van der Waals surface area contributed by atoms with Crippen LogP contribution >= 0.6 is 0 Å². The second-order valence-corrected chi connectivity index (χ2v) is 6.63. The highest BCUT2D eigenvalue weighted by atomic mass is 19.4. The Kier molecular flexibility index (Phi) is 7.93. The van der Waals surface area contributed by atoms with Crippen LogP contribution in [0.3, 0.4) is 0 Å². The number of nitrogen functional groups attached to an aromatic ring is 2. The van der Waals surface area contributed by atoms with Crippen molar-refractivity contribution in [3.8, 4) is 6.07 Å². The lowest BCUT2D eigenvalue weighted by molar-refractivity contribution is -0.137. The third-order valence-electron chi connectivity index (χ3n) is 3.93. The number of amidine groups is 1. The molecule has 11 heteroatoms. The first kappa shape index (κ1) is 25.6. The standard InChI is InChI=1S/C10H9F3N2.C8H9F3N2.C2H3N/c1-5-2-6-4-8(14)15-9(6)7(3-5)10(11,12)13;1-4-2-5(8(9,10)11)7(13)6(12)3-4;1-2-3/h2-3H,4H2,1H3,(H2,14,15);2-3H,12-13H2,1H3;1H3. The maximum absolute atomic E-state index is 12.6. The van der Waals surface area contributed by atoms with E-state index in [4.69, 9.17) is 22.5 Å². The minimum atomic E-state index is -4.44. The molecule has 0 saturated carbocycles. The summed E-state index contributed by atoms with van der Waals surface area (Å²) in [6.07, 6.45) is -8.51. The van der Waals surface area contributed by atoms with E-state index in [1.807, 2.05) is 0 Å². The number of halogens is 6. The van der Waals surface area contributed by atoms with Gasteiger partial charge in [-0.2, -0.15) is 31.6 Å². The Morgan fingerprint density at radius 3 is 1.81 bits per heavy atom. The van der Waals surface area contributed by atoms with Gasteiger partial charge in [-0.1, -0.05) is 11.6 Å². The van der Waals surface area contributed by atoms with Gasteiger partial charge in [0.05, 0.1) is 34.3 Å². The average Bonchev–Trinajstić information content (AvgIpc) is 2.96. The van der Waals surface area contributed by atoms with Gasteiger partial charge in [0.2, 0.25) is 0 Å². The van der Waals surface area contributed by atoms with Crippen LogP contribution in [-0.2, 0) is 18.8 Å². The largest absolute Gasteiger partial charge is 0.418 e. The molecule has 0 atom stereocenters. The monoisotopic (exact) mass is 445 g/mol. The first-order valence-corrected chi connectivity index (χ1v) is 8.69. The van der Waals surface area contributed by atoms with Crippen LogP contribution in [0.5, 0.6) is 0 Å². The lowest BCUT2D eigenvalue weighted by atomic mass is 10.0. The number of nitrogens with zero attached hydrogens (tertiary/aromatic N) is 2. The average molecular weight is 445 g/mol. The van der Waals surface area contributed by atoms with Crippen molar-refractivity contribution in [3.05, 3.63) is 52.1 Å². The zero-order valence-electron chi connectivity index (χ0n) is 16.9. The molecule has 0 saturated heterocycles. The molecule has 0 spiro atoms. The summed E-state index contributed by atoms with van der Waals surface area (Å²) in [4.78, 5) is 3.73. The van der Waals surface area contributed by atoms with Crippen LogP contribution in [0.2, 0.25) is 0 Å². The highest BCUT2D eigenvalue weighted by Gasteiger charge is 2.36. The molecule has 0 radical (unpaired) electrons. The van der Waals surface area contributed by atoms with Crippen LogP contribution in [0.25, 0.3) is 0 Å². The van der Waals surface area contributed by atoms with Crippen LogP contribution in [-0.4, -0.2) is 5.84 Å². The lowest BCUT2D eigenvalue weighted by Gasteiger charge is -2.12. The number of rotatable bonds is 0. The van der Waals surface area contributed by atoms with Crippen molar-refractivity contribution in [1.29, 1.82) is 5.26 Å². The van der Waals surface area contributed by atoms with Gasteiger partial charge < -0.3 is 17.2 Å². The topological polar surface area (TPSA) is 114 Å². The van der Waals surface area contributed by atoms with Gasteiger partial charge in [-0.25, -0.2) is 4.99 Å². The molecular weight excluding hydrogens is 424 g/mol. The van der Waals surface area contributed by atoms with E-state index in [0.717, 1.165) is 12.1 Å². The number of hydrogen-bond acceptors (Lipinski definition) is 5. The van der Waals surface area contributed by atoms with Crippen LogP contribution in [0, 0.1) is 25.2 Å². The van der Waals surface area contributed by atoms with E-state index >= 15 is 0 Å². The van der Waals surface area contributed by atoms with Crippen molar-refractivity contribution in [1.82, 2.24) is 0 Å². The van der Waals surface area contributed by atoms with Crippen LogP contribution in [0.1, 0.15) is 34.7 Å².